The van der Waals surface area contributed by atoms with E-state index in [1.807, 2.05) is 30.9 Å². The lowest BCUT2D eigenvalue weighted by molar-refractivity contribution is 0.0974. The van der Waals surface area contributed by atoms with E-state index in [1.54, 1.807) is 6.07 Å². The van der Waals surface area contributed by atoms with Crippen molar-refractivity contribution >= 4 is 46.3 Å². The molecule has 0 aliphatic carbocycles. The molecule has 2 aliphatic rings. The second kappa shape index (κ2) is 7.88. The maximum atomic E-state index is 6.47. The number of ether oxygens (including phenoxy) is 1. The number of anilines is 1. The highest BCUT2D eigenvalue weighted by Crippen LogP contribution is 2.43. The molecule has 30 heavy (non-hydrogen) atoms. The van der Waals surface area contributed by atoms with E-state index < -0.39 is 0 Å². The minimum absolute atomic E-state index is 0.0889. The summed E-state index contributed by atoms with van der Waals surface area (Å²) >= 11 is 14.1. The molecule has 0 saturated carbocycles. The fourth-order valence-corrected chi connectivity index (χ4v) is 5.91. The van der Waals surface area contributed by atoms with E-state index in [0.717, 1.165) is 53.8 Å². The van der Waals surface area contributed by atoms with Crippen molar-refractivity contribution in [3.63, 3.8) is 0 Å². The molecule has 2 saturated heterocycles. The quantitative estimate of drug-likeness (QED) is 0.615. The van der Waals surface area contributed by atoms with Crippen LogP contribution in [0.2, 0.25) is 10.0 Å². The van der Waals surface area contributed by atoms with Crippen molar-refractivity contribution in [2.75, 3.05) is 24.6 Å². The Balaban J connectivity index is 1.40. The average Bonchev–Trinajstić information content (AvgIpc) is 3.35. The number of fused-ring (bicyclic) bond motifs is 1. The first-order chi connectivity index (χ1) is 14.5. The minimum Gasteiger partial charge on any atom is -0.376 e. The van der Waals surface area contributed by atoms with Crippen LogP contribution in [-0.2, 0) is 4.74 Å². The summed E-state index contributed by atoms with van der Waals surface area (Å²) in [6, 6.07) is 5.73. The number of nitrogens with two attached hydrogens (primary N) is 1. The van der Waals surface area contributed by atoms with Crippen LogP contribution >= 0.6 is 35.0 Å². The molecule has 2 fully saturated rings. The van der Waals surface area contributed by atoms with Gasteiger partial charge >= 0.3 is 0 Å². The third-order valence-electron chi connectivity index (χ3n) is 6.44. The Kier molecular flexibility index (Phi) is 5.35. The van der Waals surface area contributed by atoms with E-state index >= 15 is 0 Å². The van der Waals surface area contributed by atoms with Crippen molar-refractivity contribution in [1.29, 1.82) is 0 Å². The van der Waals surface area contributed by atoms with Gasteiger partial charge in [-0.2, -0.15) is 0 Å². The van der Waals surface area contributed by atoms with Gasteiger partial charge in [-0.1, -0.05) is 41.0 Å². The van der Waals surface area contributed by atoms with E-state index in [-0.39, 0.29) is 17.6 Å². The van der Waals surface area contributed by atoms with Crippen LogP contribution in [0.15, 0.2) is 46.8 Å². The Hall–Kier alpha value is -1.51. The van der Waals surface area contributed by atoms with Crippen molar-refractivity contribution in [1.82, 2.24) is 14.4 Å². The van der Waals surface area contributed by atoms with E-state index in [2.05, 4.69) is 21.2 Å². The van der Waals surface area contributed by atoms with Gasteiger partial charge in [0.15, 0.2) is 5.82 Å². The van der Waals surface area contributed by atoms with Gasteiger partial charge in [-0.05, 0) is 31.9 Å². The predicted octanol–water partition coefficient (Wildman–Crippen LogP) is 4.52. The molecule has 1 aromatic carbocycles. The summed E-state index contributed by atoms with van der Waals surface area (Å²) in [6.45, 7) is 4.65. The molecule has 5 rings (SSSR count). The standard InChI is InChI=1S/C21H23Cl2N5OS/c1-13-19(24)21(11-29-13)5-7-27(8-6-21)20-15-9-25-12-28(15)17(10-26-20)30-16-4-2-3-14(22)18(16)23/h2-4,9-10,12-13,19H,5-8,11,24H2,1H3. The van der Waals surface area contributed by atoms with Gasteiger partial charge < -0.3 is 15.4 Å². The highest BCUT2D eigenvalue weighted by molar-refractivity contribution is 7.99. The van der Waals surface area contributed by atoms with Gasteiger partial charge in [0, 0.05) is 29.4 Å². The highest BCUT2D eigenvalue weighted by Gasteiger charge is 2.47. The van der Waals surface area contributed by atoms with Crippen molar-refractivity contribution < 1.29 is 4.74 Å². The predicted molar refractivity (Wildman–Crippen MR) is 121 cm³/mol. The molecule has 0 radical (unpaired) electrons. The van der Waals surface area contributed by atoms with Gasteiger partial charge in [0.1, 0.15) is 16.9 Å². The number of piperidine rings is 1. The van der Waals surface area contributed by atoms with Crippen LogP contribution in [0.25, 0.3) is 5.52 Å². The summed E-state index contributed by atoms with van der Waals surface area (Å²) in [5.74, 6) is 0.949. The molecule has 2 aromatic heterocycles. The number of halogens is 2. The minimum atomic E-state index is 0.0889. The molecule has 1 spiro atoms. The Morgan fingerprint density at radius 3 is 2.77 bits per heavy atom. The van der Waals surface area contributed by atoms with Crippen molar-refractivity contribution in [2.24, 2.45) is 11.1 Å². The lowest BCUT2D eigenvalue weighted by Gasteiger charge is -2.41. The Bertz CT molecular complexity index is 1080. The lowest BCUT2D eigenvalue weighted by Crippen LogP contribution is -2.50. The highest BCUT2D eigenvalue weighted by atomic mass is 35.5. The van der Waals surface area contributed by atoms with Crippen molar-refractivity contribution in [2.45, 2.75) is 41.8 Å². The first-order valence-corrected chi connectivity index (χ1v) is 11.6. The van der Waals surface area contributed by atoms with Gasteiger partial charge in [-0.3, -0.25) is 4.40 Å². The van der Waals surface area contributed by atoms with E-state index in [4.69, 9.17) is 38.7 Å². The molecule has 3 aromatic rings. The number of hydrogen-bond donors (Lipinski definition) is 1. The zero-order valence-corrected chi connectivity index (χ0v) is 18.9. The van der Waals surface area contributed by atoms with Gasteiger partial charge in [0.05, 0.1) is 35.1 Å². The zero-order chi connectivity index (χ0) is 20.9. The number of benzene rings is 1. The number of nitrogens with zero attached hydrogens (tertiary/aromatic N) is 4. The molecule has 2 atom stereocenters. The Morgan fingerprint density at radius 2 is 2.03 bits per heavy atom. The van der Waals surface area contributed by atoms with Gasteiger partial charge in [0.2, 0.25) is 0 Å². The normalized spacial score (nSPS) is 23.5. The average molecular weight is 464 g/mol. The number of rotatable bonds is 3. The second-order valence-electron chi connectivity index (χ2n) is 8.11. The molecule has 2 unspecified atom stereocenters. The fourth-order valence-electron chi connectivity index (χ4n) is 4.51. The first-order valence-electron chi connectivity index (χ1n) is 10.0. The molecule has 0 bridgehead atoms. The molecular weight excluding hydrogens is 441 g/mol. The van der Waals surface area contributed by atoms with Crippen LogP contribution in [0.4, 0.5) is 5.82 Å². The number of hydrogen-bond acceptors (Lipinski definition) is 6. The fraction of sp³-hybridized carbons (Fsp3) is 0.429. The van der Waals surface area contributed by atoms with Crippen LogP contribution in [0.5, 0.6) is 0 Å². The third kappa shape index (κ3) is 3.37. The number of imidazole rings is 1. The maximum Gasteiger partial charge on any atom is 0.154 e. The van der Waals surface area contributed by atoms with Crippen LogP contribution in [0.3, 0.4) is 0 Å². The summed E-state index contributed by atoms with van der Waals surface area (Å²) < 4.78 is 7.91. The molecular formula is C21H23Cl2N5OS. The third-order valence-corrected chi connectivity index (χ3v) is 8.44. The van der Waals surface area contributed by atoms with E-state index in [9.17, 15) is 0 Å². The first kappa shape index (κ1) is 20.4. The zero-order valence-electron chi connectivity index (χ0n) is 16.6. The molecule has 0 amide bonds. The van der Waals surface area contributed by atoms with Crippen molar-refractivity contribution in [3.8, 4) is 0 Å². The Labute approximate surface area is 189 Å². The molecule has 4 heterocycles. The summed E-state index contributed by atoms with van der Waals surface area (Å²) in [6.07, 6.45) is 7.70. The lowest BCUT2D eigenvalue weighted by atomic mass is 9.73. The smallest absolute Gasteiger partial charge is 0.154 e. The van der Waals surface area contributed by atoms with Gasteiger partial charge in [-0.25, -0.2) is 9.97 Å². The summed E-state index contributed by atoms with van der Waals surface area (Å²) in [5.41, 5.74) is 7.54. The number of aromatic nitrogens is 3. The summed E-state index contributed by atoms with van der Waals surface area (Å²) in [7, 11) is 0. The largest absolute Gasteiger partial charge is 0.376 e. The van der Waals surface area contributed by atoms with Gasteiger partial charge in [-0.15, -0.1) is 0 Å². The van der Waals surface area contributed by atoms with Crippen LogP contribution in [0.1, 0.15) is 19.8 Å². The monoisotopic (exact) mass is 463 g/mol. The second-order valence-corrected chi connectivity index (χ2v) is 9.96. The molecule has 6 nitrogen and oxygen atoms in total. The van der Waals surface area contributed by atoms with Crippen LogP contribution < -0.4 is 10.6 Å². The SMILES string of the molecule is CC1OCC2(CCN(c3ncc(Sc4cccc(Cl)c4Cl)n4cncc34)CC2)C1N. The van der Waals surface area contributed by atoms with Gasteiger partial charge in [0.25, 0.3) is 0 Å². The Morgan fingerprint density at radius 1 is 1.23 bits per heavy atom. The van der Waals surface area contributed by atoms with Crippen molar-refractivity contribution in [3.05, 3.63) is 47.0 Å². The molecule has 9 heteroatoms. The molecule has 2 aliphatic heterocycles. The topological polar surface area (TPSA) is 68.7 Å². The summed E-state index contributed by atoms with van der Waals surface area (Å²) in [4.78, 5) is 12.4. The summed E-state index contributed by atoms with van der Waals surface area (Å²) in [5, 5.41) is 2.02. The van der Waals surface area contributed by atoms with E-state index in [0.29, 0.717) is 10.0 Å². The maximum absolute atomic E-state index is 6.47. The molecule has 158 valence electrons. The van der Waals surface area contributed by atoms with E-state index in [1.165, 1.54) is 11.8 Å². The van der Waals surface area contributed by atoms with Crippen LogP contribution in [0, 0.1) is 5.41 Å². The molecule has 2 N–H and O–H groups in total. The van der Waals surface area contributed by atoms with Crippen LogP contribution in [-0.4, -0.2) is 46.2 Å².